The van der Waals surface area contributed by atoms with Crippen LogP contribution < -0.4 is 15.5 Å². The topological polar surface area (TPSA) is 72.8 Å². The molecule has 1 atom stereocenters. The molecule has 27 heavy (non-hydrogen) atoms. The van der Waals surface area contributed by atoms with Crippen molar-refractivity contribution in [1.29, 1.82) is 0 Å². The lowest BCUT2D eigenvalue weighted by atomic mass is 9.99. The van der Waals surface area contributed by atoms with Gasteiger partial charge in [0.05, 0.1) is 13.1 Å². The molecule has 0 radical (unpaired) electrons. The minimum atomic E-state index is -0.935. The van der Waals surface area contributed by atoms with E-state index in [0.717, 1.165) is 36.6 Å². The average Bonchev–Trinajstić information content (AvgIpc) is 3.38. The number of anilines is 1. The molecule has 2 aromatic heterocycles. The first kappa shape index (κ1) is 19.6. The van der Waals surface area contributed by atoms with E-state index < -0.39 is 5.60 Å². The fourth-order valence-electron chi connectivity index (χ4n) is 3.12. The van der Waals surface area contributed by atoms with Crippen LogP contribution >= 0.6 is 11.3 Å². The summed E-state index contributed by atoms with van der Waals surface area (Å²) in [6.07, 6.45) is 4.34. The largest absolute Gasteiger partial charge is 0.384 e. The first-order valence-corrected chi connectivity index (χ1v) is 10.5. The van der Waals surface area contributed by atoms with E-state index in [1.165, 1.54) is 12.8 Å². The maximum absolute atomic E-state index is 10.7. The lowest BCUT2D eigenvalue weighted by Crippen LogP contribution is -2.44. The third kappa shape index (κ3) is 5.43. The quantitative estimate of drug-likeness (QED) is 0.503. The number of nitrogens with one attached hydrogen (secondary N) is 2. The number of hydrogen-bond acceptors (Lipinski definition) is 5. The molecular formula is C20H29N5OS. The van der Waals surface area contributed by atoms with E-state index in [1.54, 1.807) is 11.3 Å². The molecule has 3 rings (SSSR count). The molecule has 0 spiro atoms. The molecule has 0 aromatic carbocycles. The molecule has 3 heterocycles. The van der Waals surface area contributed by atoms with Gasteiger partial charge in [-0.3, -0.25) is 0 Å². The molecule has 146 valence electrons. The summed E-state index contributed by atoms with van der Waals surface area (Å²) in [4.78, 5) is 11.5. The third-order valence-corrected chi connectivity index (χ3v) is 5.43. The minimum Gasteiger partial charge on any atom is -0.384 e. The van der Waals surface area contributed by atoms with Crippen molar-refractivity contribution in [1.82, 2.24) is 15.6 Å². The van der Waals surface area contributed by atoms with Gasteiger partial charge in [0.25, 0.3) is 0 Å². The molecule has 1 saturated heterocycles. The van der Waals surface area contributed by atoms with Gasteiger partial charge in [0, 0.05) is 25.8 Å². The Labute approximate surface area is 165 Å². The second-order valence-electron chi connectivity index (χ2n) is 7.05. The molecule has 3 N–H and O–H groups in total. The zero-order valence-corrected chi connectivity index (χ0v) is 16.9. The molecule has 6 nitrogen and oxygen atoms in total. The average molecular weight is 388 g/mol. The number of nitrogens with zero attached hydrogens (tertiary/aromatic N) is 3. The number of aromatic nitrogens is 1. The van der Waals surface area contributed by atoms with Gasteiger partial charge in [-0.15, -0.1) is 0 Å². The van der Waals surface area contributed by atoms with Crippen LogP contribution in [0.5, 0.6) is 0 Å². The van der Waals surface area contributed by atoms with Crippen LogP contribution in [0.25, 0.3) is 0 Å². The Kier molecular flexibility index (Phi) is 6.68. The smallest absolute Gasteiger partial charge is 0.191 e. The molecule has 1 aliphatic heterocycles. The van der Waals surface area contributed by atoms with Crippen LogP contribution in [0.15, 0.2) is 40.1 Å². The summed E-state index contributed by atoms with van der Waals surface area (Å²) >= 11 is 1.59. The van der Waals surface area contributed by atoms with E-state index in [9.17, 15) is 5.11 Å². The van der Waals surface area contributed by atoms with Gasteiger partial charge in [-0.25, -0.2) is 9.98 Å². The highest BCUT2D eigenvalue weighted by Gasteiger charge is 2.23. The van der Waals surface area contributed by atoms with Gasteiger partial charge in [-0.05, 0) is 66.8 Å². The number of pyridine rings is 1. The fourth-order valence-corrected chi connectivity index (χ4v) is 3.90. The summed E-state index contributed by atoms with van der Waals surface area (Å²) in [5, 5.41) is 21.1. The number of thiophene rings is 1. The van der Waals surface area contributed by atoms with Gasteiger partial charge < -0.3 is 20.6 Å². The van der Waals surface area contributed by atoms with Crippen LogP contribution in [0, 0.1) is 0 Å². The van der Waals surface area contributed by atoms with Gasteiger partial charge >= 0.3 is 0 Å². The lowest BCUT2D eigenvalue weighted by molar-refractivity contribution is 0.0621. The first-order chi connectivity index (χ1) is 13.1. The van der Waals surface area contributed by atoms with Gasteiger partial charge in [0.1, 0.15) is 11.4 Å². The molecule has 2 aromatic rings. The first-order valence-electron chi connectivity index (χ1n) is 9.55. The fraction of sp³-hybridized carbons (Fsp3) is 0.500. The zero-order valence-electron chi connectivity index (χ0n) is 16.1. The van der Waals surface area contributed by atoms with E-state index in [1.807, 2.05) is 42.9 Å². The summed E-state index contributed by atoms with van der Waals surface area (Å²) in [7, 11) is 0. The normalized spacial score (nSPS) is 17.0. The van der Waals surface area contributed by atoms with E-state index in [0.29, 0.717) is 19.0 Å². The highest BCUT2D eigenvalue weighted by molar-refractivity contribution is 7.08. The Hall–Kier alpha value is -2.12. The van der Waals surface area contributed by atoms with Gasteiger partial charge in [0.2, 0.25) is 0 Å². The lowest BCUT2D eigenvalue weighted by Gasteiger charge is -2.24. The van der Waals surface area contributed by atoms with Crippen LogP contribution in [0.1, 0.15) is 37.8 Å². The van der Waals surface area contributed by atoms with E-state index in [2.05, 4.69) is 31.6 Å². The standard InChI is InChI=1S/C20H29N5OS/c1-3-21-19(24-15-20(2,26)17-7-11-27-14-17)23-13-16-6-8-22-18(12-16)25-9-4-5-10-25/h6-8,11-12,14,26H,3-5,9-10,13,15H2,1-2H3,(H2,21,23,24). The van der Waals surface area contributed by atoms with E-state index in [-0.39, 0.29) is 0 Å². The summed E-state index contributed by atoms with van der Waals surface area (Å²) in [6, 6.07) is 6.08. The maximum atomic E-state index is 10.7. The Morgan fingerprint density at radius 3 is 2.85 bits per heavy atom. The summed E-state index contributed by atoms with van der Waals surface area (Å²) in [6.45, 7) is 7.75. The molecule has 7 heteroatoms. The highest BCUT2D eigenvalue weighted by Crippen LogP contribution is 2.22. The van der Waals surface area contributed by atoms with Crippen LogP contribution in [0.4, 0.5) is 5.82 Å². The van der Waals surface area contributed by atoms with Crippen molar-refractivity contribution in [3.63, 3.8) is 0 Å². The molecule has 1 fully saturated rings. The third-order valence-electron chi connectivity index (χ3n) is 4.75. The van der Waals surface area contributed by atoms with Gasteiger partial charge in [0.15, 0.2) is 5.96 Å². The predicted octanol–water partition coefficient (Wildman–Crippen LogP) is 2.71. The van der Waals surface area contributed by atoms with E-state index in [4.69, 9.17) is 0 Å². The van der Waals surface area contributed by atoms with Crippen molar-refractivity contribution >= 4 is 23.1 Å². The highest BCUT2D eigenvalue weighted by atomic mass is 32.1. The van der Waals surface area contributed by atoms with Crippen molar-refractivity contribution in [2.24, 2.45) is 4.99 Å². The molecule has 0 bridgehead atoms. The van der Waals surface area contributed by atoms with Crippen LogP contribution in [-0.4, -0.2) is 42.2 Å². The Morgan fingerprint density at radius 2 is 2.15 bits per heavy atom. The number of hydrogen-bond donors (Lipinski definition) is 3. The van der Waals surface area contributed by atoms with Crippen LogP contribution in [0.2, 0.25) is 0 Å². The summed E-state index contributed by atoms with van der Waals surface area (Å²) < 4.78 is 0. The van der Waals surface area contributed by atoms with Gasteiger partial charge in [-0.2, -0.15) is 11.3 Å². The SMILES string of the molecule is CCNC(=NCc1ccnc(N2CCCC2)c1)NCC(C)(O)c1ccsc1. The van der Waals surface area contributed by atoms with Crippen molar-refractivity contribution in [3.05, 3.63) is 46.3 Å². The minimum absolute atomic E-state index is 0.394. The van der Waals surface area contributed by atoms with Crippen molar-refractivity contribution in [2.45, 2.75) is 38.8 Å². The molecule has 0 saturated carbocycles. The molecular weight excluding hydrogens is 358 g/mol. The molecule has 1 aliphatic rings. The van der Waals surface area contributed by atoms with Crippen molar-refractivity contribution in [3.8, 4) is 0 Å². The summed E-state index contributed by atoms with van der Waals surface area (Å²) in [5.74, 6) is 1.74. The Bertz CT molecular complexity index is 739. The monoisotopic (exact) mass is 387 g/mol. The summed E-state index contributed by atoms with van der Waals surface area (Å²) in [5.41, 5.74) is 1.12. The second kappa shape index (κ2) is 9.19. The number of aliphatic imine (C=N–C) groups is 1. The van der Waals surface area contributed by atoms with Crippen molar-refractivity contribution < 1.29 is 5.11 Å². The van der Waals surface area contributed by atoms with E-state index >= 15 is 0 Å². The predicted molar refractivity (Wildman–Crippen MR) is 112 cm³/mol. The van der Waals surface area contributed by atoms with Gasteiger partial charge in [-0.1, -0.05) is 0 Å². The maximum Gasteiger partial charge on any atom is 0.191 e. The number of aliphatic hydroxyl groups is 1. The van der Waals surface area contributed by atoms with Crippen LogP contribution in [0.3, 0.4) is 0 Å². The number of guanidine groups is 1. The molecule has 1 unspecified atom stereocenters. The molecule has 0 amide bonds. The number of rotatable bonds is 7. The van der Waals surface area contributed by atoms with Crippen LogP contribution in [-0.2, 0) is 12.1 Å². The zero-order chi connectivity index (χ0) is 19.1. The molecule has 0 aliphatic carbocycles. The second-order valence-corrected chi connectivity index (χ2v) is 7.83. The van der Waals surface area contributed by atoms with Crippen molar-refractivity contribution in [2.75, 3.05) is 31.1 Å². The Balaban J connectivity index is 1.62. The Morgan fingerprint density at radius 1 is 1.33 bits per heavy atom.